The molecule has 0 fully saturated rings. The van der Waals surface area contributed by atoms with Crippen LogP contribution in [0.15, 0.2) is 29.3 Å². The van der Waals surface area contributed by atoms with Crippen molar-refractivity contribution >= 4 is 5.84 Å². The zero-order valence-corrected chi connectivity index (χ0v) is 8.66. The predicted octanol–water partition coefficient (Wildman–Crippen LogP) is 1.96. The summed E-state index contributed by atoms with van der Waals surface area (Å²) in [5.41, 5.74) is 6.68. The lowest BCUT2D eigenvalue weighted by Crippen LogP contribution is -2.09. The topological polar surface area (TPSA) is 47.6 Å². The molecule has 0 unspecified atom stereocenters. The maximum absolute atomic E-state index is 5.62. The van der Waals surface area contributed by atoms with Gasteiger partial charge >= 0.3 is 0 Å². The van der Waals surface area contributed by atoms with E-state index in [4.69, 9.17) is 10.5 Å². The van der Waals surface area contributed by atoms with Gasteiger partial charge in [-0.3, -0.25) is 4.99 Å². The molecular weight excluding hydrogens is 176 g/mol. The van der Waals surface area contributed by atoms with E-state index in [0.29, 0.717) is 12.4 Å². The van der Waals surface area contributed by atoms with Gasteiger partial charge in [-0.2, -0.15) is 0 Å². The van der Waals surface area contributed by atoms with Crippen molar-refractivity contribution in [2.24, 2.45) is 10.7 Å². The van der Waals surface area contributed by atoms with Gasteiger partial charge in [-0.15, -0.1) is 0 Å². The van der Waals surface area contributed by atoms with Crippen molar-refractivity contribution in [2.45, 2.75) is 19.9 Å². The van der Waals surface area contributed by atoms with Crippen LogP contribution in [-0.2, 0) is 6.54 Å². The fraction of sp³-hybridized carbons (Fsp3) is 0.364. The van der Waals surface area contributed by atoms with E-state index in [1.165, 1.54) is 0 Å². The molecule has 0 aliphatic heterocycles. The number of benzene rings is 1. The Morgan fingerprint density at radius 3 is 2.79 bits per heavy atom. The van der Waals surface area contributed by atoms with Crippen LogP contribution in [0.4, 0.5) is 0 Å². The van der Waals surface area contributed by atoms with Gasteiger partial charge < -0.3 is 10.5 Å². The highest BCUT2D eigenvalue weighted by molar-refractivity contribution is 5.79. The summed E-state index contributed by atoms with van der Waals surface area (Å²) in [7, 11) is 1.66. The molecule has 76 valence electrons. The molecule has 0 bridgehead atoms. The quantitative estimate of drug-likeness (QED) is 0.585. The minimum absolute atomic E-state index is 0.587. The molecule has 0 aromatic heterocycles. The van der Waals surface area contributed by atoms with Gasteiger partial charge in [0.05, 0.1) is 19.5 Å². The Morgan fingerprint density at radius 1 is 1.43 bits per heavy atom. The zero-order valence-electron chi connectivity index (χ0n) is 8.66. The van der Waals surface area contributed by atoms with Crippen LogP contribution in [0.5, 0.6) is 5.75 Å². The molecule has 0 saturated heterocycles. The van der Waals surface area contributed by atoms with Crippen LogP contribution in [0.1, 0.15) is 18.9 Å². The Hall–Kier alpha value is -1.51. The maximum atomic E-state index is 5.62. The molecule has 0 spiro atoms. The zero-order chi connectivity index (χ0) is 10.4. The number of nitrogens with two attached hydrogens (primary N) is 1. The average Bonchev–Trinajstić information content (AvgIpc) is 2.26. The van der Waals surface area contributed by atoms with E-state index < -0.39 is 0 Å². The molecule has 0 aliphatic rings. The molecule has 0 atom stereocenters. The van der Waals surface area contributed by atoms with E-state index in [1.54, 1.807) is 7.11 Å². The summed E-state index contributed by atoms with van der Waals surface area (Å²) >= 11 is 0. The van der Waals surface area contributed by atoms with Gasteiger partial charge in [-0.25, -0.2) is 0 Å². The Balaban J connectivity index is 2.76. The summed E-state index contributed by atoms with van der Waals surface area (Å²) in [5, 5.41) is 0. The molecule has 1 aromatic carbocycles. The van der Waals surface area contributed by atoms with E-state index in [1.807, 2.05) is 31.2 Å². The van der Waals surface area contributed by atoms with Crippen molar-refractivity contribution < 1.29 is 4.74 Å². The van der Waals surface area contributed by atoms with Crippen LogP contribution in [-0.4, -0.2) is 12.9 Å². The molecule has 14 heavy (non-hydrogen) atoms. The van der Waals surface area contributed by atoms with Crippen LogP contribution in [0.25, 0.3) is 0 Å². The summed E-state index contributed by atoms with van der Waals surface area (Å²) in [6, 6.07) is 7.82. The fourth-order valence-electron chi connectivity index (χ4n) is 1.13. The number of amidine groups is 1. The fourth-order valence-corrected chi connectivity index (χ4v) is 1.13. The highest BCUT2D eigenvalue weighted by Gasteiger charge is 1.99. The van der Waals surface area contributed by atoms with E-state index in [9.17, 15) is 0 Å². The summed E-state index contributed by atoms with van der Waals surface area (Å²) in [5.74, 6) is 1.54. The van der Waals surface area contributed by atoms with E-state index in [-0.39, 0.29) is 0 Å². The molecule has 0 heterocycles. The number of nitrogens with zero attached hydrogens (tertiary/aromatic N) is 1. The van der Waals surface area contributed by atoms with Gasteiger partial charge in [0.15, 0.2) is 0 Å². The number of hydrogen-bond donors (Lipinski definition) is 1. The molecule has 0 saturated carbocycles. The Kier molecular flexibility index (Phi) is 3.98. The highest BCUT2D eigenvalue weighted by atomic mass is 16.5. The van der Waals surface area contributed by atoms with Crippen molar-refractivity contribution in [2.75, 3.05) is 7.11 Å². The summed E-state index contributed by atoms with van der Waals surface area (Å²) in [6.45, 7) is 2.57. The number of methoxy groups -OCH3 is 1. The normalized spacial score (nSPS) is 11.4. The summed E-state index contributed by atoms with van der Waals surface area (Å²) in [6.07, 6.45) is 0.787. The lowest BCUT2D eigenvalue weighted by Gasteiger charge is -2.05. The molecule has 1 rings (SSSR count). The molecular formula is C11H16N2O. The lowest BCUT2D eigenvalue weighted by atomic mass is 10.2. The Bertz CT molecular complexity index is 321. The second-order valence-corrected chi connectivity index (χ2v) is 2.97. The van der Waals surface area contributed by atoms with Crippen molar-refractivity contribution in [3.05, 3.63) is 29.8 Å². The highest BCUT2D eigenvalue weighted by Crippen LogP contribution is 2.17. The number of aliphatic imine (C=N–C) groups is 1. The molecule has 3 heteroatoms. The first-order chi connectivity index (χ1) is 6.77. The first-order valence-electron chi connectivity index (χ1n) is 4.68. The number of hydrogen-bond acceptors (Lipinski definition) is 2. The van der Waals surface area contributed by atoms with Crippen LogP contribution < -0.4 is 10.5 Å². The average molecular weight is 192 g/mol. The third-order valence-electron chi connectivity index (χ3n) is 2.01. The molecule has 1 aromatic rings. The van der Waals surface area contributed by atoms with E-state index >= 15 is 0 Å². The van der Waals surface area contributed by atoms with Crippen LogP contribution in [0.2, 0.25) is 0 Å². The largest absolute Gasteiger partial charge is 0.496 e. The second kappa shape index (κ2) is 5.27. The third kappa shape index (κ3) is 2.76. The van der Waals surface area contributed by atoms with Crippen molar-refractivity contribution in [3.63, 3.8) is 0 Å². The van der Waals surface area contributed by atoms with E-state index in [0.717, 1.165) is 17.7 Å². The lowest BCUT2D eigenvalue weighted by molar-refractivity contribution is 0.410. The molecule has 0 amide bonds. The number of ether oxygens (including phenoxy) is 1. The van der Waals surface area contributed by atoms with Gasteiger partial charge in [-0.05, 0) is 6.07 Å². The Morgan fingerprint density at radius 2 is 2.14 bits per heavy atom. The molecule has 0 radical (unpaired) electrons. The van der Waals surface area contributed by atoms with Crippen LogP contribution in [0, 0.1) is 0 Å². The van der Waals surface area contributed by atoms with E-state index in [2.05, 4.69) is 4.99 Å². The van der Waals surface area contributed by atoms with Crippen molar-refractivity contribution in [1.29, 1.82) is 0 Å². The SMILES string of the molecule is CCC(N)=NCc1ccccc1OC. The summed E-state index contributed by atoms with van der Waals surface area (Å²) < 4.78 is 5.20. The first-order valence-corrected chi connectivity index (χ1v) is 4.68. The first kappa shape index (κ1) is 10.6. The van der Waals surface area contributed by atoms with Gasteiger partial charge in [0, 0.05) is 12.0 Å². The monoisotopic (exact) mass is 192 g/mol. The van der Waals surface area contributed by atoms with Crippen LogP contribution in [0.3, 0.4) is 0 Å². The second-order valence-electron chi connectivity index (χ2n) is 2.97. The van der Waals surface area contributed by atoms with Gasteiger partial charge in [0.1, 0.15) is 5.75 Å². The third-order valence-corrected chi connectivity index (χ3v) is 2.01. The number of rotatable bonds is 4. The van der Waals surface area contributed by atoms with Gasteiger partial charge in [0.25, 0.3) is 0 Å². The standard InChI is InChI=1S/C11H16N2O/c1-3-11(12)13-8-9-6-4-5-7-10(9)14-2/h4-7H,3,8H2,1-2H3,(H2,12,13). The number of para-hydroxylation sites is 1. The van der Waals surface area contributed by atoms with Crippen molar-refractivity contribution in [1.82, 2.24) is 0 Å². The minimum atomic E-state index is 0.587. The van der Waals surface area contributed by atoms with Gasteiger partial charge in [0.2, 0.25) is 0 Å². The minimum Gasteiger partial charge on any atom is -0.496 e. The maximum Gasteiger partial charge on any atom is 0.123 e. The van der Waals surface area contributed by atoms with Crippen LogP contribution >= 0.6 is 0 Å². The molecule has 2 N–H and O–H groups in total. The predicted molar refractivity (Wildman–Crippen MR) is 58.6 cm³/mol. The van der Waals surface area contributed by atoms with Gasteiger partial charge in [-0.1, -0.05) is 25.1 Å². The molecule has 3 nitrogen and oxygen atoms in total. The summed E-state index contributed by atoms with van der Waals surface area (Å²) in [4.78, 5) is 4.24. The van der Waals surface area contributed by atoms with Crippen molar-refractivity contribution in [3.8, 4) is 5.75 Å². The smallest absolute Gasteiger partial charge is 0.123 e. The Labute approximate surface area is 84.6 Å². The molecule has 0 aliphatic carbocycles.